The summed E-state index contributed by atoms with van der Waals surface area (Å²) < 4.78 is 85.6. The van der Waals surface area contributed by atoms with Gasteiger partial charge in [-0.25, -0.2) is 26.9 Å². The maximum Gasteiger partial charge on any atom is 0.431 e. The van der Waals surface area contributed by atoms with E-state index in [2.05, 4.69) is 0 Å². The summed E-state index contributed by atoms with van der Waals surface area (Å²) in [7, 11) is -3.45. The number of rotatable bonds is 4. The lowest BCUT2D eigenvalue weighted by atomic mass is 10.1. The maximum absolute atomic E-state index is 14.6. The second kappa shape index (κ2) is 8.91. The van der Waals surface area contributed by atoms with Crippen LogP contribution in [0.4, 0.5) is 17.6 Å². The minimum absolute atomic E-state index is 0.0741. The number of alkyl halides is 3. The molecular weight excluding hydrogens is 498 g/mol. The van der Waals surface area contributed by atoms with Crippen LogP contribution in [0.25, 0.3) is 5.69 Å². The van der Waals surface area contributed by atoms with Crippen LogP contribution in [-0.2, 0) is 28.0 Å². The molecule has 9 nitrogen and oxygen atoms in total. The molecule has 3 rings (SSSR count). The van der Waals surface area contributed by atoms with E-state index in [1.807, 2.05) is 0 Å². The van der Waals surface area contributed by atoms with Gasteiger partial charge in [-0.2, -0.15) is 13.2 Å². The monoisotopic (exact) mass is 513 g/mol. The summed E-state index contributed by atoms with van der Waals surface area (Å²) in [5, 5.41) is -1.48. The topological polar surface area (TPSA) is 116 Å². The molecule has 15 heteroatoms. The number of ether oxygens (including phenoxy) is 1. The summed E-state index contributed by atoms with van der Waals surface area (Å²) in [5.41, 5.74) is -6.13. The molecule has 1 fully saturated rings. The molecule has 0 saturated carbocycles. The molecule has 0 spiro atoms. The number of carbonyl (C=O) groups is 1. The van der Waals surface area contributed by atoms with E-state index in [4.69, 9.17) is 16.3 Å². The number of benzene rings is 1. The lowest BCUT2D eigenvalue weighted by molar-refractivity contribution is -0.144. The molecule has 0 radical (unpaired) electrons. The van der Waals surface area contributed by atoms with Crippen molar-refractivity contribution >= 4 is 27.5 Å². The normalized spacial score (nSPS) is 15.5. The number of hydrogen-bond donors (Lipinski definition) is 1. The van der Waals surface area contributed by atoms with Gasteiger partial charge in [-0.3, -0.25) is 14.2 Å². The highest BCUT2D eigenvalue weighted by Gasteiger charge is 2.35. The first-order chi connectivity index (χ1) is 15.2. The number of nitrogens with zero attached hydrogens (tertiary/aromatic N) is 2. The fraction of sp³-hybridized carbons (Fsp3) is 0.389. The van der Waals surface area contributed by atoms with Crippen LogP contribution in [0.15, 0.2) is 27.8 Å². The Balaban J connectivity index is 2.08. The van der Waals surface area contributed by atoms with Crippen molar-refractivity contribution in [3.8, 4) is 5.69 Å². The highest BCUT2D eigenvalue weighted by molar-refractivity contribution is 7.90. The molecule has 1 aliphatic rings. The minimum Gasteiger partial charge on any atom is -0.381 e. The highest BCUT2D eigenvalue weighted by Crippen LogP contribution is 2.28. The second-order valence-electron chi connectivity index (χ2n) is 7.11. The van der Waals surface area contributed by atoms with Gasteiger partial charge in [0.1, 0.15) is 11.5 Å². The van der Waals surface area contributed by atoms with Crippen molar-refractivity contribution < 1.29 is 35.5 Å². The van der Waals surface area contributed by atoms with Gasteiger partial charge >= 0.3 is 11.9 Å². The van der Waals surface area contributed by atoms with Crippen LogP contribution in [0, 0.1) is 5.82 Å². The first-order valence-corrected chi connectivity index (χ1v) is 11.2. The number of halogens is 5. The molecular formula is C18H16ClF4N3O6S. The van der Waals surface area contributed by atoms with Crippen LogP contribution in [0.3, 0.4) is 0 Å². The Morgan fingerprint density at radius 2 is 1.79 bits per heavy atom. The molecule has 0 unspecified atom stereocenters. The largest absolute Gasteiger partial charge is 0.431 e. The van der Waals surface area contributed by atoms with Crippen molar-refractivity contribution in [2.24, 2.45) is 7.05 Å². The number of nitrogens with one attached hydrogen (secondary N) is 1. The molecule has 1 aliphatic heterocycles. The van der Waals surface area contributed by atoms with Crippen LogP contribution in [0.1, 0.15) is 28.9 Å². The van der Waals surface area contributed by atoms with E-state index in [1.54, 1.807) is 4.72 Å². The van der Waals surface area contributed by atoms with Crippen LogP contribution < -0.4 is 16.0 Å². The number of amides is 1. The summed E-state index contributed by atoms with van der Waals surface area (Å²) in [6, 6.07) is 1.24. The van der Waals surface area contributed by atoms with Gasteiger partial charge in [0.25, 0.3) is 11.5 Å². The van der Waals surface area contributed by atoms with Crippen LogP contribution in [0.2, 0.25) is 5.02 Å². The van der Waals surface area contributed by atoms with Crippen molar-refractivity contribution in [1.82, 2.24) is 13.9 Å². The first kappa shape index (κ1) is 24.9. The standard InChI is InChI=1S/C18H16ClF4N3O6S/c1-25-14(18(21,22)23)8-15(27)26(17(25)29)13-6-10(11(19)7-12(13)20)16(28)24-33(30,31)9-2-4-32-5-3-9/h6-9H,2-5H2,1H3,(H,24,28). The molecule has 2 heterocycles. The van der Waals surface area contributed by atoms with Crippen molar-refractivity contribution in [2.75, 3.05) is 13.2 Å². The van der Waals surface area contributed by atoms with Gasteiger partial charge in [-0.15, -0.1) is 0 Å². The Kier molecular flexibility index (Phi) is 6.73. The van der Waals surface area contributed by atoms with Gasteiger partial charge in [-0.1, -0.05) is 11.6 Å². The number of carbonyl (C=O) groups excluding carboxylic acids is 1. The van der Waals surface area contributed by atoms with E-state index >= 15 is 0 Å². The fourth-order valence-electron chi connectivity index (χ4n) is 3.26. The third kappa shape index (κ3) is 4.96. The van der Waals surface area contributed by atoms with Crippen molar-refractivity contribution in [1.29, 1.82) is 0 Å². The van der Waals surface area contributed by atoms with E-state index in [0.717, 1.165) is 7.05 Å². The van der Waals surface area contributed by atoms with Crippen molar-refractivity contribution in [3.05, 3.63) is 61.1 Å². The zero-order chi connectivity index (χ0) is 24.7. The van der Waals surface area contributed by atoms with Crippen LogP contribution in [-0.4, -0.2) is 41.9 Å². The van der Waals surface area contributed by atoms with Crippen molar-refractivity contribution in [2.45, 2.75) is 24.3 Å². The van der Waals surface area contributed by atoms with E-state index < -0.39 is 66.4 Å². The molecule has 1 amide bonds. The number of sulfonamides is 1. The summed E-state index contributed by atoms with van der Waals surface area (Å²) in [6.45, 7) is 0.336. The Labute approximate surface area is 188 Å². The molecule has 33 heavy (non-hydrogen) atoms. The van der Waals surface area contributed by atoms with Gasteiger partial charge in [0.15, 0.2) is 0 Å². The Hall–Kier alpha value is -2.71. The summed E-state index contributed by atoms with van der Waals surface area (Å²) in [5.74, 6) is -2.58. The highest BCUT2D eigenvalue weighted by atomic mass is 35.5. The van der Waals surface area contributed by atoms with E-state index in [0.29, 0.717) is 12.1 Å². The predicted octanol–water partition coefficient (Wildman–Crippen LogP) is 1.59. The molecule has 1 N–H and O–H groups in total. The summed E-state index contributed by atoms with van der Waals surface area (Å²) >= 11 is 5.86. The van der Waals surface area contributed by atoms with E-state index in [-0.39, 0.29) is 41.3 Å². The minimum atomic E-state index is -5.03. The average Bonchev–Trinajstić information content (AvgIpc) is 2.71. The molecule has 0 aliphatic carbocycles. The van der Waals surface area contributed by atoms with Crippen LogP contribution >= 0.6 is 11.6 Å². The molecule has 2 aromatic rings. The van der Waals surface area contributed by atoms with Crippen LogP contribution in [0.5, 0.6) is 0 Å². The molecule has 1 aromatic carbocycles. The third-order valence-corrected chi connectivity index (χ3v) is 7.11. The predicted molar refractivity (Wildman–Crippen MR) is 107 cm³/mol. The summed E-state index contributed by atoms with van der Waals surface area (Å²) in [4.78, 5) is 37.3. The fourth-order valence-corrected chi connectivity index (χ4v) is 4.84. The maximum atomic E-state index is 14.6. The third-order valence-electron chi connectivity index (χ3n) is 4.97. The van der Waals surface area contributed by atoms with Gasteiger partial charge in [0.05, 0.1) is 21.5 Å². The zero-order valence-electron chi connectivity index (χ0n) is 16.8. The SMILES string of the molecule is Cn1c(C(F)(F)F)cc(=O)n(-c2cc(C(=O)NS(=O)(=O)C3CCOCC3)c(Cl)cc2F)c1=O. The number of hydrogen-bond acceptors (Lipinski definition) is 6. The Morgan fingerprint density at radius 1 is 1.18 bits per heavy atom. The molecule has 1 aromatic heterocycles. The lowest BCUT2D eigenvalue weighted by Gasteiger charge is -2.22. The molecule has 1 saturated heterocycles. The number of aromatic nitrogens is 2. The summed E-state index contributed by atoms with van der Waals surface area (Å²) in [6.07, 6.45) is -4.78. The van der Waals surface area contributed by atoms with Crippen molar-refractivity contribution in [3.63, 3.8) is 0 Å². The van der Waals surface area contributed by atoms with Gasteiger partial charge in [-0.05, 0) is 25.0 Å². The lowest BCUT2D eigenvalue weighted by Crippen LogP contribution is -2.42. The molecule has 0 bridgehead atoms. The molecule has 0 atom stereocenters. The van der Waals surface area contributed by atoms with E-state index in [1.165, 1.54) is 0 Å². The molecule has 180 valence electrons. The van der Waals surface area contributed by atoms with Gasteiger partial charge < -0.3 is 4.74 Å². The van der Waals surface area contributed by atoms with Gasteiger partial charge in [0, 0.05) is 26.3 Å². The van der Waals surface area contributed by atoms with E-state index in [9.17, 15) is 40.4 Å². The Bertz CT molecular complexity index is 1330. The van der Waals surface area contributed by atoms with Gasteiger partial charge in [0.2, 0.25) is 10.0 Å². The smallest absolute Gasteiger partial charge is 0.381 e. The second-order valence-corrected chi connectivity index (χ2v) is 9.48. The quantitative estimate of drug-likeness (QED) is 0.621. The first-order valence-electron chi connectivity index (χ1n) is 9.27. The Morgan fingerprint density at radius 3 is 2.36 bits per heavy atom. The average molecular weight is 514 g/mol. The zero-order valence-corrected chi connectivity index (χ0v) is 18.4.